The van der Waals surface area contributed by atoms with Crippen LogP contribution in [0.3, 0.4) is 0 Å². The molecule has 2 unspecified atom stereocenters. The van der Waals surface area contributed by atoms with E-state index < -0.39 is 0 Å². The molecule has 1 aliphatic heterocycles. The summed E-state index contributed by atoms with van der Waals surface area (Å²) in [6.07, 6.45) is 10.3. The van der Waals surface area contributed by atoms with Gasteiger partial charge >= 0.3 is 0 Å². The molecule has 1 N–H and O–H groups in total. The Morgan fingerprint density at radius 1 is 1.20 bits per heavy atom. The monoisotopic (exact) mass is 292 g/mol. The van der Waals surface area contributed by atoms with Crippen LogP contribution in [0, 0.1) is 23.2 Å². The molecule has 0 aromatic heterocycles. The van der Waals surface area contributed by atoms with Crippen molar-refractivity contribution in [1.82, 2.24) is 5.32 Å². The van der Waals surface area contributed by atoms with Gasteiger partial charge in [0, 0.05) is 11.3 Å². The molecule has 1 heterocycles. The van der Waals surface area contributed by atoms with E-state index in [1.165, 1.54) is 30.9 Å². The van der Waals surface area contributed by atoms with Crippen LogP contribution in [-0.2, 0) is 0 Å². The average Bonchev–Trinajstić information content (AvgIpc) is 2.85. The molecule has 4 aliphatic carbocycles. The number of aliphatic imine (C=N–C) groups is 1. The van der Waals surface area contributed by atoms with Crippen LogP contribution >= 0.6 is 11.8 Å². The normalized spacial score (nSPS) is 47.4. The summed E-state index contributed by atoms with van der Waals surface area (Å²) in [5.41, 5.74) is 0.599. The third-order valence-electron chi connectivity index (χ3n) is 6.52. The second kappa shape index (κ2) is 4.93. The molecule has 2 nitrogen and oxygen atoms in total. The van der Waals surface area contributed by atoms with E-state index in [1.54, 1.807) is 19.3 Å². The van der Waals surface area contributed by atoms with Gasteiger partial charge in [0.15, 0.2) is 5.17 Å². The number of hydrogen-bond donors (Lipinski definition) is 1. The molecule has 5 aliphatic rings. The lowest BCUT2D eigenvalue weighted by Crippen LogP contribution is -2.55. The summed E-state index contributed by atoms with van der Waals surface area (Å²) in [6.45, 7) is 5.74. The second-order valence-electron chi connectivity index (χ2n) is 7.94. The summed E-state index contributed by atoms with van der Waals surface area (Å²) >= 11 is 1.98. The SMILES string of the molecule is CCC1CN=C(NC(C)C23CC4CC(CC(C4)C2)C3)S1. The van der Waals surface area contributed by atoms with Gasteiger partial charge < -0.3 is 5.32 Å². The molecule has 0 aromatic carbocycles. The first kappa shape index (κ1) is 13.5. The van der Waals surface area contributed by atoms with Gasteiger partial charge in [0.1, 0.15) is 0 Å². The third-order valence-corrected chi connectivity index (χ3v) is 7.80. The zero-order valence-electron chi connectivity index (χ0n) is 12.9. The van der Waals surface area contributed by atoms with E-state index in [0.717, 1.165) is 29.5 Å². The molecule has 0 amide bonds. The van der Waals surface area contributed by atoms with E-state index >= 15 is 0 Å². The van der Waals surface area contributed by atoms with Crippen LogP contribution in [0.5, 0.6) is 0 Å². The van der Waals surface area contributed by atoms with E-state index in [1.807, 2.05) is 11.8 Å². The van der Waals surface area contributed by atoms with Gasteiger partial charge in [-0.1, -0.05) is 18.7 Å². The van der Waals surface area contributed by atoms with Crippen LogP contribution in [-0.4, -0.2) is 23.0 Å². The van der Waals surface area contributed by atoms with Gasteiger partial charge in [0.05, 0.1) is 6.54 Å². The van der Waals surface area contributed by atoms with Gasteiger partial charge in [-0.2, -0.15) is 0 Å². The molecular formula is C17H28N2S. The minimum Gasteiger partial charge on any atom is -0.362 e. The molecule has 4 saturated carbocycles. The molecule has 2 atom stereocenters. The topological polar surface area (TPSA) is 24.4 Å². The molecule has 0 spiro atoms. The Balaban J connectivity index is 1.45. The molecule has 0 saturated heterocycles. The van der Waals surface area contributed by atoms with Crippen molar-refractivity contribution in [3.05, 3.63) is 0 Å². The Kier molecular flexibility index (Phi) is 3.32. The fourth-order valence-corrected chi connectivity index (χ4v) is 6.78. The maximum Gasteiger partial charge on any atom is 0.157 e. The van der Waals surface area contributed by atoms with E-state index in [4.69, 9.17) is 4.99 Å². The Morgan fingerprint density at radius 3 is 2.30 bits per heavy atom. The zero-order chi connectivity index (χ0) is 13.7. The average molecular weight is 292 g/mol. The summed E-state index contributed by atoms with van der Waals surface area (Å²) in [5, 5.41) is 5.77. The molecule has 4 fully saturated rings. The highest BCUT2D eigenvalue weighted by atomic mass is 32.2. The van der Waals surface area contributed by atoms with Gasteiger partial charge in [-0.3, -0.25) is 4.99 Å². The highest BCUT2D eigenvalue weighted by Gasteiger charge is 2.53. The smallest absolute Gasteiger partial charge is 0.157 e. The summed E-state index contributed by atoms with van der Waals surface area (Å²) in [7, 11) is 0. The second-order valence-corrected chi connectivity index (χ2v) is 9.23. The fraction of sp³-hybridized carbons (Fsp3) is 0.941. The van der Waals surface area contributed by atoms with Crippen LogP contribution in [0.1, 0.15) is 58.8 Å². The van der Waals surface area contributed by atoms with Crippen molar-refractivity contribution in [3.8, 4) is 0 Å². The Hall–Kier alpha value is -0.180. The maximum atomic E-state index is 4.72. The van der Waals surface area contributed by atoms with E-state index in [0.29, 0.717) is 11.5 Å². The van der Waals surface area contributed by atoms with Gasteiger partial charge in [-0.25, -0.2) is 0 Å². The standard InChI is InChI=1S/C17H28N2S/c1-3-15-10-18-16(20-15)19-11(2)17-7-12-4-13(8-17)6-14(5-12)9-17/h11-15H,3-10H2,1-2H3,(H,18,19). The Morgan fingerprint density at radius 2 is 1.80 bits per heavy atom. The summed E-state index contributed by atoms with van der Waals surface area (Å²) < 4.78 is 0. The molecule has 0 aromatic rings. The van der Waals surface area contributed by atoms with Crippen LogP contribution in [0.4, 0.5) is 0 Å². The minimum atomic E-state index is 0.599. The molecule has 5 rings (SSSR count). The number of nitrogens with one attached hydrogen (secondary N) is 1. The molecule has 3 heteroatoms. The lowest BCUT2D eigenvalue weighted by molar-refractivity contribution is -0.0671. The highest BCUT2D eigenvalue weighted by Crippen LogP contribution is 2.61. The van der Waals surface area contributed by atoms with Crippen molar-refractivity contribution in [1.29, 1.82) is 0 Å². The summed E-state index contributed by atoms with van der Waals surface area (Å²) in [5.74, 6) is 3.14. The predicted octanol–water partition coefficient (Wildman–Crippen LogP) is 4.06. The molecule has 0 radical (unpaired) electrons. The number of hydrogen-bond acceptors (Lipinski definition) is 3. The van der Waals surface area contributed by atoms with Crippen molar-refractivity contribution in [3.63, 3.8) is 0 Å². The van der Waals surface area contributed by atoms with Gasteiger partial charge in [0.25, 0.3) is 0 Å². The fourth-order valence-electron chi connectivity index (χ4n) is 5.76. The maximum absolute atomic E-state index is 4.72. The largest absolute Gasteiger partial charge is 0.362 e. The number of thioether (sulfide) groups is 1. The molecule has 112 valence electrons. The van der Waals surface area contributed by atoms with Gasteiger partial charge in [-0.05, 0) is 75.0 Å². The molecular weight excluding hydrogens is 264 g/mol. The van der Waals surface area contributed by atoms with Gasteiger partial charge in [-0.15, -0.1) is 0 Å². The first-order valence-corrected chi connectivity index (χ1v) is 9.52. The highest BCUT2D eigenvalue weighted by molar-refractivity contribution is 8.14. The quantitative estimate of drug-likeness (QED) is 0.848. The van der Waals surface area contributed by atoms with Crippen molar-refractivity contribution in [2.24, 2.45) is 28.2 Å². The van der Waals surface area contributed by atoms with Crippen molar-refractivity contribution < 1.29 is 0 Å². The lowest BCUT2D eigenvalue weighted by Gasteiger charge is -2.59. The summed E-state index contributed by atoms with van der Waals surface area (Å²) in [6, 6.07) is 0.623. The Labute approximate surface area is 127 Å². The van der Waals surface area contributed by atoms with Crippen LogP contribution in [0.2, 0.25) is 0 Å². The Bertz CT molecular complexity index is 382. The van der Waals surface area contributed by atoms with Crippen molar-refractivity contribution in [2.75, 3.05) is 6.54 Å². The lowest BCUT2D eigenvalue weighted by atomic mass is 9.48. The van der Waals surface area contributed by atoms with Crippen LogP contribution in [0.25, 0.3) is 0 Å². The minimum absolute atomic E-state index is 0.599. The number of rotatable bonds is 3. The van der Waals surface area contributed by atoms with E-state index in [2.05, 4.69) is 19.2 Å². The predicted molar refractivity (Wildman–Crippen MR) is 87.2 cm³/mol. The van der Waals surface area contributed by atoms with Crippen LogP contribution < -0.4 is 5.32 Å². The van der Waals surface area contributed by atoms with Gasteiger partial charge in [0.2, 0.25) is 0 Å². The number of nitrogens with zero attached hydrogens (tertiary/aromatic N) is 1. The molecule has 20 heavy (non-hydrogen) atoms. The van der Waals surface area contributed by atoms with E-state index in [-0.39, 0.29) is 0 Å². The zero-order valence-corrected chi connectivity index (χ0v) is 13.7. The van der Waals surface area contributed by atoms with E-state index in [9.17, 15) is 0 Å². The van der Waals surface area contributed by atoms with Crippen molar-refractivity contribution >= 4 is 16.9 Å². The third kappa shape index (κ3) is 2.20. The van der Waals surface area contributed by atoms with Crippen molar-refractivity contribution in [2.45, 2.75) is 70.1 Å². The summed E-state index contributed by atoms with van der Waals surface area (Å²) in [4.78, 5) is 4.72. The van der Waals surface area contributed by atoms with Crippen LogP contribution in [0.15, 0.2) is 4.99 Å². The first-order chi connectivity index (χ1) is 9.67. The number of amidine groups is 1. The molecule has 4 bridgehead atoms. The first-order valence-electron chi connectivity index (χ1n) is 8.64.